The quantitative estimate of drug-likeness (QED) is 0.813. The lowest BCUT2D eigenvalue weighted by atomic mass is 10.2. The van der Waals surface area contributed by atoms with Crippen molar-refractivity contribution in [1.82, 2.24) is 9.88 Å². The summed E-state index contributed by atoms with van der Waals surface area (Å²) in [5, 5.41) is 6.84. The zero-order chi connectivity index (χ0) is 18.4. The van der Waals surface area contributed by atoms with Crippen molar-refractivity contribution in [3.63, 3.8) is 0 Å². The van der Waals surface area contributed by atoms with Crippen LogP contribution >= 0.6 is 11.6 Å². The van der Waals surface area contributed by atoms with Crippen LogP contribution in [0, 0.1) is 6.92 Å². The molecule has 138 valence electrons. The second-order valence-corrected chi connectivity index (χ2v) is 6.66. The molecule has 0 atom stereocenters. The maximum atomic E-state index is 12.5. The molecule has 1 aromatic heterocycles. The maximum absolute atomic E-state index is 12.5. The normalized spacial score (nSPS) is 14.8. The second kappa shape index (κ2) is 8.98. The molecule has 1 fully saturated rings. The summed E-state index contributed by atoms with van der Waals surface area (Å²) in [5.74, 6) is 0.521. The van der Waals surface area contributed by atoms with Gasteiger partial charge in [0, 0.05) is 48.6 Å². The van der Waals surface area contributed by atoms with Crippen molar-refractivity contribution in [3.8, 4) is 0 Å². The average molecular weight is 375 g/mol. The van der Waals surface area contributed by atoms with Crippen LogP contribution in [0.15, 0.2) is 36.5 Å². The molecular weight excluding hydrogens is 352 g/mol. The minimum atomic E-state index is -0.172. The van der Waals surface area contributed by atoms with Gasteiger partial charge in [-0.2, -0.15) is 0 Å². The number of hydrogen-bond acceptors (Lipinski definition) is 5. The van der Waals surface area contributed by atoms with Gasteiger partial charge >= 0.3 is 0 Å². The van der Waals surface area contributed by atoms with Crippen LogP contribution < -0.4 is 10.6 Å². The largest absolute Gasteiger partial charge is 0.379 e. The Labute approximate surface area is 158 Å². The van der Waals surface area contributed by atoms with Gasteiger partial charge in [-0.1, -0.05) is 11.6 Å². The first kappa shape index (κ1) is 18.6. The number of amides is 1. The Kier molecular flexibility index (Phi) is 6.44. The van der Waals surface area contributed by atoms with E-state index in [1.165, 1.54) is 0 Å². The summed E-state index contributed by atoms with van der Waals surface area (Å²) in [6, 6.07) is 8.85. The molecule has 0 spiro atoms. The first-order valence-electron chi connectivity index (χ1n) is 8.69. The molecule has 0 radical (unpaired) electrons. The predicted octanol–water partition coefficient (Wildman–Crippen LogP) is 3.04. The Hall–Kier alpha value is -2.15. The Balaban J connectivity index is 1.56. The fraction of sp³-hybridized carbons (Fsp3) is 0.368. The third kappa shape index (κ3) is 5.17. The number of nitrogens with one attached hydrogen (secondary N) is 2. The lowest BCUT2D eigenvalue weighted by Crippen LogP contribution is -2.39. The average Bonchev–Trinajstić information content (AvgIpc) is 2.65. The predicted molar refractivity (Wildman–Crippen MR) is 104 cm³/mol. The van der Waals surface area contributed by atoms with E-state index >= 15 is 0 Å². The molecule has 2 heterocycles. The number of benzene rings is 1. The van der Waals surface area contributed by atoms with Crippen LogP contribution in [0.3, 0.4) is 0 Å². The number of rotatable bonds is 6. The number of aryl methyl sites for hydroxylation is 1. The molecule has 7 heteroatoms. The molecule has 1 amide bonds. The van der Waals surface area contributed by atoms with E-state index in [2.05, 4.69) is 20.5 Å². The van der Waals surface area contributed by atoms with E-state index in [1.54, 1.807) is 30.5 Å². The Morgan fingerprint density at radius 1 is 1.27 bits per heavy atom. The highest BCUT2D eigenvalue weighted by Gasteiger charge is 2.11. The first-order chi connectivity index (χ1) is 12.6. The number of morpholine rings is 1. The van der Waals surface area contributed by atoms with Crippen molar-refractivity contribution in [1.29, 1.82) is 0 Å². The first-order valence-corrected chi connectivity index (χ1v) is 9.07. The highest BCUT2D eigenvalue weighted by Crippen LogP contribution is 2.20. The minimum Gasteiger partial charge on any atom is -0.379 e. The number of nitrogens with zero attached hydrogens (tertiary/aromatic N) is 2. The van der Waals surface area contributed by atoms with Crippen molar-refractivity contribution in [2.45, 2.75) is 6.92 Å². The number of hydrogen-bond donors (Lipinski definition) is 2. The Morgan fingerprint density at radius 3 is 2.85 bits per heavy atom. The van der Waals surface area contributed by atoms with E-state index in [9.17, 15) is 4.79 Å². The third-order valence-electron chi connectivity index (χ3n) is 4.30. The van der Waals surface area contributed by atoms with Crippen molar-refractivity contribution < 1.29 is 9.53 Å². The number of anilines is 2. The monoisotopic (exact) mass is 374 g/mol. The molecule has 1 aromatic carbocycles. The number of pyridine rings is 1. The summed E-state index contributed by atoms with van der Waals surface area (Å²) < 4.78 is 5.34. The SMILES string of the molecule is Cc1cc(Cl)ccc1NC(=O)c1ccnc(NCCN2CCOCC2)c1. The number of ether oxygens (including phenoxy) is 1. The second-order valence-electron chi connectivity index (χ2n) is 6.22. The van der Waals surface area contributed by atoms with Crippen LogP contribution in [0.1, 0.15) is 15.9 Å². The van der Waals surface area contributed by atoms with E-state index in [-0.39, 0.29) is 5.91 Å². The molecule has 1 saturated heterocycles. The van der Waals surface area contributed by atoms with Crippen LogP contribution in [0.25, 0.3) is 0 Å². The van der Waals surface area contributed by atoms with Gasteiger partial charge < -0.3 is 15.4 Å². The summed E-state index contributed by atoms with van der Waals surface area (Å²) in [6.45, 7) is 7.10. The summed E-state index contributed by atoms with van der Waals surface area (Å²) in [6.07, 6.45) is 1.64. The van der Waals surface area contributed by atoms with E-state index in [1.807, 2.05) is 13.0 Å². The number of carbonyl (C=O) groups is 1. The van der Waals surface area contributed by atoms with Crippen molar-refractivity contribution >= 4 is 29.0 Å². The van der Waals surface area contributed by atoms with E-state index in [0.717, 1.165) is 50.6 Å². The number of carbonyl (C=O) groups excluding carboxylic acids is 1. The maximum Gasteiger partial charge on any atom is 0.255 e. The van der Waals surface area contributed by atoms with Gasteiger partial charge in [0.2, 0.25) is 0 Å². The molecule has 0 aliphatic carbocycles. The van der Waals surface area contributed by atoms with Crippen molar-refractivity contribution in [3.05, 3.63) is 52.7 Å². The number of aromatic nitrogens is 1. The summed E-state index contributed by atoms with van der Waals surface area (Å²) >= 11 is 5.96. The van der Waals surface area contributed by atoms with Crippen LogP contribution in [0.4, 0.5) is 11.5 Å². The fourth-order valence-corrected chi connectivity index (χ4v) is 3.02. The van der Waals surface area contributed by atoms with Gasteiger partial charge in [-0.25, -0.2) is 4.98 Å². The van der Waals surface area contributed by atoms with Crippen molar-refractivity contribution in [2.75, 3.05) is 50.0 Å². The van der Waals surface area contributed by atoms with E-state index < -0.39 is 0 Å². The lowest BCUT2D eigenvalue weighted by Gasteiger charge is -2.26. The fourth-order valence-electron chi connectivity index (χ4n) is 2.80. The number of halogens is 1. The van der Waals surface area contributed by atoms with Gasteiger partial charge in [0.1, 0.15) is 5.82 Å². The van der Waals surface area contributed by atoms with E-state index in [4.69, 9.17) is 16.3 Å². The molecule has 6 nitrogen and oxygen atoms in total. The van der Waals surface area contributed by atoms with E-state index in [0.29, 0.717) is 16.4 Å². The van der Waals surface area contributed by atoms with Crippen molar-refractivity contribution in [2.24, 2.45) is 0 Å². The van der Waals surface area contributed by atoms with Crippen LogP contribution in [-0.2, 0) is 4.74 Å². The Bertz CT molecular complexity index is 763. The lowest BCUT2D eigenvalue weighted by molar-refractivity contribution is 0.0398. The van der Waals surface area contributed by atoms with Gasteiger partial charge in [-0.05, 0) is 42.8 Å². The molecule has 3 rings (SSSR count). The molecule has 0 bridgehead atoms. The zero-order valence-electron chi connectivity index (χ0n) is 14.8. The molecule has 1 aliphatic heterocycles. The molecule has 2 N–H and O–H groups in total. The molecule has 1 aliphatic rings. The summed E-state index contributed by atoms with van der Waals surface area (Å²) in [7, 11) is 0. The summed E-state index contributed by atoms with van der Waals surface area (Å²) in [5.41, 5.74) is 2.23. The zero-order valence-corrected chi connectivity index (χ0v) is 15.6. The highest BCUT2D eigenvalue weighted by atomic mass is 35.5. The highest BCUT2D eigenvalue weighted by molar-refractivity contribution is 6.30. The standard InChI is InChI=1S/C19H23ClN4O2/c1-14-12-16(20)2-3-17(14)23-19(25)15-4-5-21-18(13-15)22-6-7-24-8-10-26-11-9-24/h2-5,12-13H,6-11H2,1H3,(H,21,22)(H,23,25). The van der Waals surface area contributed by atoms with Crippen LogP contribution in [-0.4, -0.2) is 55.2 Å². The molecule has 26 heavy (non-hydrogen) atoms. The van der Waals surface area contributed by atoms with Gasteiger partial charge in [-0.15, -0.1) is 0 Å². The molecule has 0 saturated carbocycles. The topological polar surface area (TPSA) is 66.5 Å². The smallest absolute Gasteiger partial charge is 0.255 e. The molecule has 2 aromatic rings. The summed E-state index contributed by atoms with van der Waals surface area (Å²) in [4.78, 5) is 19.1. The Morgan fingerprint density at radius 2 is 2.08 bits per heavy atom. The third-order valence-corrected chi connectivity index (χ3v) is 4.53. The van der Waals surface area contributed by atoms with Crippen LogP contribution in [0.5, 0.6) is 0 Å². The van der Waals surface area contributed by atoms with Crippen LogP contribution in [0.2, 0.25) is 5.02 Å². The van der Waals surface area contributed by atoms with Gasteiger partial charge in [-0.3, -0.25) is 9.69 Å². The molecular formula is C19H23ClN4O2. The van der Waals surface area contributed by atoms with Gasteiger partial charge in [0.05, 0.1) is 13.2 Å². The molecule has 0 unspecified atom stereocenters. The van der Waals surface area contributed by atoms with Gasteiger partial charge in [0.15, 0.2) is 0 Å². The van der Waals surface area contributed by atoms with Gasteiger partial charge in [0.25, 0.3) is 5.91 Å². The minimum absolute atomic E-state index is 0.172.